The highest BCUT2D eigenvalue weighted by atomic mass is 19.4. The molecule has 128 valence electrons. The van der Waals surface area contributed by atoms with Gasteiger partial charge < -0.3 is 4.74 Å². The van der Waals surface area contributed by atoms with Crippen LogP contribution in [0, 0.1) is 0 Å². The molecule has 1 aliphatic rings. The molecule has 0 spiro atoms. The molecule has 0 radical (unpaired) electrons. The topological polar surface area (TPSA) is 44.1 Å². The van der Waals surface area contributed by atoms with Crippen molar-refractivity contribution >= 4 is 0 Å². The first-order valence-electron chi connectivity index (χ1n) is 7.81. The number of hydrogen-bond acceptors (Lipinski definition) is 3. The fourth-order valence-corrected chi connectivity index (χ4v) is 2.76. The molecule has 7 heteroatoms. The maximum Gasteiger partial charge on any atom is 0.421 e. The standard InChI is InChI=1S/C17H17F3N2O2/c18-17(19,20)14-10-15(12-6-2-1-3-7-12)21-22(16(14)23)11-13-8-4-5-9-24-13/h1-3,6-7,10,13H,4-5,8-9,11H2/t13-/m1/s1. The number of hydrogen-bond donors (Lipinski definition) is 0. The van der Waals surface area contributed by atoms with E-state index in [4.69, 9.17) is 4.74 Å². The van der Waals surface area contributed by atoms with Crippen molar-refractivity contribution in [3.05, 3.63) is 52.3 Å². The molecule has 1 aromatic heterocycles. The van der Waals surface area contributed by atoms with Crippen LogP contribution in [0.15, 0.2) is 41.2 Å². The SMILES string of the molecule is O=c1c(C(F)(F)F)cc(-c2ccccc2)nn1C[C@H]1CCCCO1. The summed E-state index contributed by atoms with van der Waals surface area (Å²) in [5, 5.41) is 4.13. The minimum atomic E-state index is -4.72. The first-order valence-corrected chi connectivity index (χ1v) is 7.81. The Balaban J connectivity index is 2.04. The van der Waals surface area contributed by atoms with Gasteiger partial charge in [-0.15, -0.1) is 0 Å². The Bertz CT molecular complexity index is 751. The number of aromatic nitrogens is 2. The number of nitrogens with zero attached hydrogens (tertiary/aromatic N) is 2. The molecule has 1 aliphatic heterocycles. The zero-order valence-corrected chi connectivity index (χ0v) is 12.9. The molecule has 0 N–H and O–H groups in total. The lowest BCUT2D eigenvalue weighted by Gasteiger charge is -2.23. The van der Waals surface area contributed by atoms with Crippen LogP contribution in [-0.2, 0) is 17.5 Å². The molecular formula is C17H17F3N2O2. The van der Waals surface area contributed by atoms with Crippen LogP contribution >= 0.6 is 0 Å². The van der Waals surface area contributed by atoms with E-state index in [1.165, 1.54) is 0 Å². The van der Waals surface area contributed by atoms with Crippen molar-refractivity contribution < 1.29 is 17.9 Å². The van der Waals surface area contributed by atoms with Gasteiger partial charge in [-0.25, -0.2) is 4.68 Å². The molecule has 2 aromatic rings. The quantitative estimate of drug-likeness (QED) is 0.860. The van der Waals surface area contributed by atoms with E-state index in [2.05, 4.69) is 5.10 Å². The lowest BCUT2D eigenvalue weighted by molar-refractivity contribution is -0.139. The summed E-state index contributed by atoms with van der Waals surface area (Å²) in [6, 6.07) is 9.33. The van der Waals surface area contributed by atoms with Gasteiger partial charge in [0.15, 0.2) is 0 Å². The predicted molar refractivity (Wildman–Crippen MR) is 82.5 cm³/mol. The summed E-state index contributed by atoms with van der Waals surface area (Å²) in [6.45, 7) is 0.590. The van der Waals surface area contributed by atoms with Crippen LogP contribution in [-0.4, -0.2) is 22.5 Å². The Labute approximate surface area is 136 Å². The van der Waals surface area contributed by atoms with Crippen molar-refractivity contribution in [2.24, 2.45) is 0 Å². The van der Waals surface area contributed by atoms with Crippen molar-refractivity contribution in [2.75, 3.05) is 6.61 Å². The van der Waals surface area contributed by atoms with Crippen molar-refractivity contribution in [3.8, 4) is 11.3 Å². The first kappa shape index (κ1) is 16.7. The smallest absolute Gasteiger partial charge is 0.376 e. The Morgan fingerprint density at radius 3 is 2.58 bits per heavy atom. The molecule has 1 aromatic carbocycles. The van der Waals surface area contributed by atoms with E-state index < -0.39 is 17.3 Å². The highest BCUT2D eigenvalue weighted by Crippen LogP contribution is 2.29. The molecule has 0 bridgehead atoms. The summed E-state index contributed by atoms with van der Waals surface area (Å²) < 4.78 is 46.1. The molecule has 1 saturated heterocycles. The van der Waals surface area contributed by atoms with Gasteiger partial charge in [-0.05, 0) is 25.3 Å². The average Bonchev–Trinajstić information content (AvgIpc) is 2.57. The first-order chi connectivity index (χ1) is 11.4. The highest BCUT2D eigenvalue weighted by molar-refractivity contribution is 5.59. The average molecular weight is 338 g/mol. The second-order valence-electron chi connectivity index (χ2n) is 5.78. The molecule has 0 unspecified atom stereocenters. The Morgan fingerprint density at radius 1 is 1.21 bits per heavy atom. The molecule has 0 amide bonds. The van der Waals surface area contributed by atoms with Crippen molar-refractivity contribution in [3.63, 3.8) is 0 Å². The van der Waals surface area contributed by atoms with E-state index in [9.17, 15) is 18.0 Å². The summed E-state index contributed by atoms with van der Waals surface area (Å²) >= 11 is 0. The number of benzene rings is 1. The molecule has 4 nitrogen and oxygen atoms in total. The monoisotopic (exact) mass is 338 g/mol. The summed E-state index contributed by atoms with van der Waals surface area (Å²) in [4.78, 5) is 12.2. The molecular weight excluding hydrogens is 321 g/mol. The largest absolute Gasteiger partial charge is 0.421 e. The maximum absolute atomic E-state index is 13.2. The van der Waals surface area contributed by atoms with Gasteiger partial charge in [0.05, 0.1) is 18.3 Å². The Morgan fingerprint density at radius 2 is 1.96 bits per heavy atom. The van der Waals surface area contributed by atoms with E-state index in [0.717, 1.165) is 23.6 Å². The fourth-order valence-electron chi connectivity index (χ4n) is 2.76. The highest BCUT2D eigenvalue weighted by Gasteiger charge is 2.36. The van der Waals surface area contributed by atoms with Gasteiger partial charge in [0, 0.05) is 12.2 Å². The number of halogens is 3. The lowest BCUT2D eigenvalue weighted by Crippen LogP contribution is -2.36. The van der Waals surface area contributed by atoms with Crippen molar-refractivity contribution in [1.82, 2.24) is 9.78 Å². The van der Waals surface area contributed by atoms with Gasteiger partial charge in [0.2, 0.25) is 0 Å². The molecule has 2 heterocycles. The number of alkyl halides is 3. The molecule has 0 saturated carbocycles. The summed E-state index contributed by atoms with van der Waals surface area (Å²) in [6.07, 6.45) is -2.43. The van der Waals surface area contributed by atoms with E-state index in [0.29, 0.717) is 18.6 Å². The predicted octanol–water partition coefficient (Wildman–Crippen LogP) is 3.50. The molecule has 3 rings (SSSR count). The lowest BCUT2D eigenvalue weighted by atomic mass is 10.1. The second-order valence-corrected chi connectivity index (χ2v) is 5.78. The third kappa shape index (κ3) is 3.67. The van der Waals surface area contributed by atoms with Gasteiger partial charge >= 0.3 is 6.18 Å². The Kier molecular flexibility index (Phi) is 4.71. The normalized spacial score (nSPS) is 18.5. The summed E-state index contributed by atoms with van der Waals surface area (Å²) in [5.41, 5.74) is -1.68. The van der Waals surface area contributed by atoms with Crippen LogP contribution < -0.4 is 5.56 Å². The van der Waals surface area contributed by atoms with Crippen molar-refractivity contribution in [1.29, 1.82) is 0 Å². The van der Waals surface area contributed by atoms with Gasteiger partial charge in [0.25, 0.3) is 5.56 Å². The zero-order valence-electron chi connectivity index (χ0n) is 12.9. The van der Waals surface area contributed by atoms with Gasteiger partial charge in [0.1, 0.15) is 5.56 Å². The van der Waals surface area contributed by atoms with Crippen molar-refractivity contribution in [2.45, 2.75) is 38.1 Å². The second kappa shape index (κ2) is 6.76. The van der Waals surface area contributed by atoms with E-state index in [1.807, 2.05) is 0 Å². The third-order valence-electron chi connectivity index (χ3n) is 4.00. The molecule has 0 aliphatic carbocycles. The van der Waals surface area contributed by atoms with Crippen LogP contribution in [0.2, 0.25) is 0 Å². The van der Waals surface area contributed by atoms with E-state index >= 15 is 0 Å². The van der Waals surface area contributed by atoms with Crippen LogP contribution in [0.5, 0.6) is 0 Å². The molecule has 1 atom stereocenters. The van der Waals surface area contributed by atoms with Crippen LogP contribution in [0.25, 0.3) is 11.3 Å². The molecule has 24 heavy (non-hydrogen) atoms. The maximum atomic E-state index is 13.2. The van der Waals surface area contributed by atoms with Gasteiger partial charge in [-0.3, -0.25) is 4.79 Å². The van der Waals surface area contributed by atoms with Crippen LogP contribution in [0.1, 0.15) is 24.8 Å². The minimum Gasteiger partial charge on any atom is -0.376 e. The van der Waals surface area contributed by atoms with E-state index in [-0.39, 0.29) is 18.3 Å². The zero-order chi connectivity index (χ0) is 17.2. The fraction of sp³-hybridized carbons (Fsp3) is 0.412. The summed E-state index contributed by atoms with van der Waals surface area (Å²) in [5.74, 6) is 0. The van der Waals surface area contributed by atoms with E-state index in [1.54, 1.807) is 30.3 Å². The van der Waals surface area contributed by atoms with Crippen LogP contribution in [0.4, 0.5) is 13.2 Å². The Hall–Kier alpha value is -2.15. The van der Waals surface area contributed by atoms with Gasteiger partial charge in [-0.1, -0.05) is 30.3 Å². The summed E-state index contributed by atoms with van der Waals surface area (Å²) in [7, 11) is 0. The molecule has 1 fully saturated rings. The van der Waals surface area contributed by atoms with Crippen LogP contribution in [0.3, 0.4) is 0 Å². The number of ether oxygens (including phenoxy) is 1. The number of rotatable bonds is 3. The minimum absolute atomic E-state index is 0.0303. The third-order valence-corrected chi connectivity index (χ3v) is 4.00. The van der Waals surface area contributed by atoms with Gasteiger partial charge in [-0.2, -0.15) is 18.3 Å².